The third-order valence-electron chi connectivity index (χ3n) is 10.2. The first-order valence-electron chi connectivity index (χ1n) is 17.7. The van der Waals surface area contributed by atoms with Crippen molar-refractivity contribution in [1.82, 2.24) is 0 Å². The largest absolute Gasteiger partial charge is 0.310 e. The molecule has 2 heteroatoms. The number of hydrogen-bond donors (Lipinski definition) is 0. The minimum atomic E-state index is 0.0438. The molecule has 246 valence electrons. The minimum absolute atomic E-state index is 0.0438. The van der Waals surface area contributed by atoms with Crippen LogP contribution in [0.15, 0.2) is 140 Å². The van der Waals surface area contributed by atoms with E-state index in [4.69, 9.17) is 0 Å². The van der Waals surface area contributed by atoms with E-state index in [9.17, 15) is 0 Å². The van der Waals surface area contributed by atoms with Crippen LogP contribution in [0, 0.1) is 27.7 Å². The maximum Gasteiger partial charge on any atom is 0.0561 e. The van der Waals surface area contributed by atoms with Crippen molar-refractivity contribution in [2.75, 3.05) is 9.80 Å². The summed E-state index contributed by atoms with van der Waals surface area (Å²) in [5.74, 6) is 0. The second kappa shape index (κ2) is 12.1. The van der Waals surface area contributed by atoms with Gasteiger partial charge in [0, 0.05) is 38.9 Å². The second-order valence-corrected chi connectivity index (χ2v) is 15.1. The van der Waals surface area contributed by atoms with E-state index in [1.807, 2.05) is 0 Å². The minimum Gasteiger partial charge on any atom is -0.310 e. The fraction of sp³-hybridized carbons (Fsp3) is 0.167. The summed E-state index contributed by atoms with van der Waals surface area (Å²) >= 11 is 0. The average molecular weight is 649 g/mol. The van der Waals surface area contributed by atoms with Gasteiger partial charge in [-0.2, -0.15) is 0 Å². The average Bonchev–Trinajstić information content (AvgIpc) is 3.10. The fourth-order valence-corrected chi connectivity index (χ4v) is 7.31. The van der Waals surface area contributed by atoms with Gasteiger partial charge in [-0.1, -0.05) is 128 Å². The monoisotopic (exact) mass is 648 g/mol. The van der Waals surface area contributed by atoms with Gasteiger partial charge in [-0.05, 0) is 109 Å². The Hall–Kier alpha value is -5.60. The van der Waals surface area contributed by atoms with E-state index in [2.05, 4.69) is 198 Å². The first kappa shape index (κ1) is 31.7. The molecule has 8 aromatic carbocycles. The van der Waals surface area contributed by atoms with Gasteiger partial charge >= 0.3 is 0 Å². The van der Waals surface area contributed by atoms with Gasteiger partial charge in [0.25, 0.3) is 0 Å². The zero-order valence-electron chi connectivity index (χ0n) is 30.2. The molecule has 0 aliphatic rings. The van der Waals surface area contributed by atoms with Crippen LogP contribution in [0.5, 0.6) is 0 Å². The molecule has 0 N–H and O–H groups in total. The van der Waals surface area contributed by atoms with Crippen molar-refractivity contribution in [3.63, 3.8) is 0 Å². The Morgan fingerprint density at radius 2 is 0.680 bits per heavy atom. The Morgan fingerprint density at radius 3 is 0.980 bits per heavy atom. The van der Waals surface area contributed by atoms with Crippen LogP contribution in [0.2, 0.25) is 0 Å². The summed E-state index contributed by atoms with van der Waals surface area (Å²) in [6.07, 6.45) is 0. The lowest BCUT2D eigenvalue weighted by Crippen LogP contribution is -2.15. The Kier molecular flexibility index (Phi) is 7.64. The molecule has 0 saturated carbocycles. The molecule has 8 rings (SSSR count). The van der Waals surface area contributed by atoms with Gasteiger partial charge < -0.3 is 9.80 Å². The van der Waals surface area contributed by atoms with Gasteiger partial charge in [0.1, 0.15) is 0 Å². The fourth-order valence-electron chi connectivity index (χ4n) is 7.31. The maximum absolute atomic E-state index is 2.44. The second-order valence-electron chi connectivity index (χ2n) is 15.1. The SMILES string of the molecule is Cc1ccc(N(c2ccc(C)cc2)c2cc(N(c3ccc(C)cc3)c3ccc(C)cc3)c3ccc4cc(C(C)(C)C)cc5ccc2c3c54)cc1. The standard InChI is InChI=1S/C48H44N2/c1-31-8-18-38(19-9-31)49(39-20-10-32(2)11-21-39)44-30-45(50(40-22-12-33(3)13-23-40)41-24-14-34(4)15-25-41)43-27-17-36-29-37(48(5,6)7)28-35-16-26-42(44)47(43)46(35)36/h8-30H,1-7H3. The predicted molar refractivity (Wildman–Crippen MR) is 217 cm³/mol. The molecule has 0 unspecified atom stereocenters. The van der Waals surface area contributed by atoms with Crippen LogP contribution < -0.4 is 9.80 Å². The number of anilines is 6. The van der Waals surface area contributed by atoms with Gasteiger partial charge in [0.05, 0.1) is 11.4 Å². The molecule has 50 heavy (non-hydrogen) atoms. The van der Waals surface area contributed by atoms with Crippen LogP contribution in [-0.2, 0) is 5.41 Å². The smallest absolute Gasteiger partial charge is 0.0561 e. The molecule has 0 bridgehead atoms. The molecule has 0 aliphatic heterocycles. The van der Waals surface area contributed by atoms with Gasteiger partial charge in [0.2, 0.25) is 0 Å². The number of hydrogen-bond acceptors (Lipinski definition) is 2. The topological polar surface area (TPSA) is 6.48 Å². The highest BCUT2D eigenvalue weighted by atomic mass is 15.2. The molecule has 2 nitrogen and oxygen atoms in total. The summed E-state index contributed by atoms with van der Waals surface area (Å²) in [7, 11) is 0. The Balaban J connectivity index is 1.53. The van der Waals surface area contributed by atoms with Crippen LogP contribution in [-0.4, -0.2) is 0 Å². The van der Waals surface area contributed by atoms with E-state index < -0.39 is 0 Å². The summed E-state index contributed by atoms with van der Waals surface area (Å²) in [5.41, 5.74) is 13.2. The molecule has 8 aromatic rings. The van der Waals surface area contributed by atoms with E-state index >= 15 is 0 Å². The predicted octanol–water partition coefficient (Wildman–Crippen LogP) is 14.1. The lowest BCUT2D eigenvalue weighted by Gasteiger charge is -2.32. The van der Waals surface area contributed by atoms with E-state index in [0.717, 1.165) is 34.1 Å². The summed E-state index contributed by atoms with van der Waals surface area (Å²) in [4.78, 5) is 4.88. The van der Waals surface area contributed by atoms with E-state index in [0.29, 0.717) is 0 Å². The summed E-state index contributed by atoms with van der Waals surface area (Å²) < 4.78 is 0. The number of rotatable bonds is 6. The normalized spacial score (nSPS) is 11.9. The molecular weight excluding hydrogens is 605 g/mol. The molecule has 0 saturated heterocycles. The first-order valence-corrected chi connectivity index (χ1v) is 17.7. The molecule has 0 aromatic heterocycles. The highest BCUT2D eigenvalue weighted by Crippen LogP contribution is 2.50. The summed E-state index contributed by atoms with van der Waals surface area (Å²) in [5, 5.41) is 7.64. The molecule has 0 atom stereocenters. The lowest BCUT2D eigenvalue weighted by atomic mass is 9.83. The van der Waals surface area contributed by atoms with Crippen LogP contribution in [0.25, 0.3) is 32.3 Å². The van der Waals surface area contributed by atoms with Crippen LogP contribution in [0.4, 0.5) is 34.1 Å². The van der Waals surface area contributed by atoms with Gasteiger partial charge in [-0.3, -0.25) is 0 Å². The van der Waals surface area contributed by atoms with Crippen molar-refractivity contribution < 1.29 is 0 Å². The Morgan fingerprint density at radius 1 is 0.360 bits per heavy atom. The zero-order chi connectivity index (χ0) is 34.7. The molecule has 0 aliphatic carbocycles. The van der Waals surface area contributed by atoms with Crippen molar-refractivity contribution in [2.24, 2.45) is 0 Å². The molecular formula is C48H44N2. The molecule has 0 heterocycles. The van der Waals surface area contributed by atoms with E-state index in [1.54, 1.807) is 0 Å². The Bertz CT molecular complexity index is 2210. The summed E-state index contributed by atoms with van der Waals surface area (Å²) in [6, 6.07) is 52.3. The molecule has 0 amide bonds. The van der Waals surface area contributed by atoms with Crippen molar-refractivity contribution in [3.8, 4) is 0 Å². The molecule has 0 radical (unpaired) electrons. The van der Waals surface area contributed by atoms with Crippen LogP contribution in [0.1, 0.15) is 48.6 Å². The third kappa shape index (κ3) is 5.55. The van der Waals surface area contributed by atoms with Gasteiger partial charge in [-0.25, -0.2) is 0 Å². The number of aryl methyl sites for hydroxylation is 4. The first-order chi connectivity index (χ1) is 24.0. The molecule has 0 fully saturated rings. The van der Waals surface area contributed by atoms with Crippen LogP contribution >= 0.6 is 0 Å². The lowest BCUT2D eigenvalue weighted by molar-refractivity contribution is 0.591. The summed E-state index contributed by atoms with van der Waals surface area (Å²) in [6.45, 7) is 15.5. The van der Waals surface area contributed by atoms with Crippen LogP contribution in [0.3, 0.4) is 0 Å². The third-order valence-corrected chi connectivity index (χ3v) is 10.2. The maximum atomic E-state index is 2.44. The number of benzene rings is 8. The van der Waals surface area contributed by atoms with Gasteiger partial charge in [0.15, 0.2) is 0 Å². The quantitative estimate of drug-likeness (QED) is 0.166. The molecule has 0 spiro atoms. The van der Waals surface area contributed by atoms with Crippen molar-refractivity contribution in [1.29, 1.82) is 0 Å². The number of nitrogens with zero attached hydrogens (tertiary/aromatic N) is 2. The van der Waals surface area contributed by atoms with Gasteiger partial charge in [-0.15, -0.1) is 0 Å². The van der Waals surface area contributed by atoms with Crippen molar-refractivity contribution in [3.05, 3.63) is 167 Å². The Labute approximate surface area is 296 Å². The van der Waals surface area contributed by atoms with Crippen molar-refractivity contribution in [2.45, 2.75) is 53.9 Å². The zero-order valence-corrected chi connectivity index (χ0v) is 30.2. The van der Waals surface area contributed by atoms with Crippen molar-refractivity contribution >= 4 is 66.4 Å². The highest BCUT2D eigenvalue weighted by molar-refractivity contribution is 6.29. The van der Waals surface area contributed by atoms with E-state index in [1.165, 1.54) is 60.1 Å². The highest BCUT2D eigenvalue weighted by Gasteiger charge is 2.25. The van der Waals surface area contributed by atoms with E-state index in [-0.39, 0.29) is 5.41 Å².